The Hall–Kier alpha value is -9.90. The largest absolute Gasteiger partial charge is 0.309 e. The smallest absolute Gasteiger partial charge is 0.164 e. The standard InChI is InChI=1S/C64H39N7/c65-40-46-38-44(31-34-54(46)71-56-29-14-10-25-49(56)51-33-36-59-60(61(51)71)52-27-12-15-30-57(52)70(59)48-23-8-3-9-24-48)63-66-62(43-20-16-19-42(37-43)41-17-4-1-5-18-41)67-64(68-63)45-32-35-58-53(39-45)50-26-11-13-28-55(50)69(58)47-21-6-2-7-22-47/h1-39H. The SMILES string of the molecule is N#Cc1cc(-c2nc(-c3cccc(-c4ccccc4)c3)nc(-c3ccc4c(c3)c3ccccc3n4-c3ccccc3)n2)ccc1-n1c2ccccc2c2ccc3c(c4ccccc4n3-c3ccccc3)c21. The second-order valence-corrected chi connectivity index (χ2v) is 17.9. The molecule has 0 aliphatic heterocycles. The van der Waals surface area contributed by atoms with Crippen LogP contribution in [0.15, 0.2) is 237 Å². The molecule has 0 saturated carbocycles. The van der Waals surface area contributed by atoms with Crippen LogP contribution in [0.25, 0.3) is 128 Å². The van der Waals surface area contributed by atoms with E-state index in [-0.39, 0.29) is 0 Å². The number of rotatable bonds is 7. The van der Waals surface area contributed by atoms with Crippen LogP contribution in [-0.2, 0) is 0 Å². The van der Waals surface area contributed by atoms with Gasteiger partial charge in [-0.1, -0.05) is 146 Å². The highest BCUT2D eigenvalue weighted by atomic mass is 15.0. The van der Waals surface area contributed by atoms with Gasteiger partial charge in [-0.3, -0.25) is 0 Å². The monoisotopic (exact) mass is 905 g/mol. The van der Waals surface area contributed by atoms with Crippen LogP contribution in [-0.4, -0.2) is 28.7 Å². The summed E-state index contributed by atoms with van der Waals surface area (Å²) in [5.41, 5.74) is 14.5. The second-order valence-electron chi connectivity index (χ2n) is 17.9. The highest BCUT2D eigenvalue weighted by Crippen LogP contribution is 2.43. The topological polar surface area (TPSA) is 77.2 Å². The van der Waals surface area contributed by atoms with Crippen LogP contribution in [0.5, 0.6) is 0 Å². The quantitative estimate of drug-likeness (QED) is 0.160. The van der Waals surface area contributed by atoms with E-state index in [9.17, 15) is 5.26 Å². The van der Waals surface area contributed by atoms with E-state index in [4.69, 9.17) is 15.0 Å². The molecule has 0 aliphatic carbocycles. The Kier molecular flexibility index (Phi) is 9.13. The molecule has 4 aromatic heterocycles. The number of fused-ring (bicyclic) bond motifs is 10. The molecular formula is C64H39N7. The second kappa shape index (κ2) is 16.1. The Morgan fingerprint density at radius 1 is 0.310 bits per heavy atom. The molecular weight excluding hydrogens is 867 g/mol. The molecule has 0 N–H and O–H groups in total. The van der Waals surface area contributed by atoms with Crippen molar-refractivity contribution in [2.75, 3.05) is 0 Å². The van der Waals surface area contributed by atoms with E-state index in [2.05, 4.69) is 202 Å². The highest BCUT2D eigenvalue weighted by Gasteiger charge is 2.23. The van der Waals surface area contributed by atoms with Crippen LogP contribution in [0.2, 0.25) is 0 Å². The molecule has 14 aromatic rings. The van der Waals surface area contributed by atoms with Gasteiger partial charge in [0.1, 0.15) is 6.07 Å². The van der Waals surface area contributed by atoms with E-state index in [1.165, 1.54) is 0 Å². The molecule has 14 rings (SSSR count). The van der Waals surface area contributed by atoms with Gasteiger partial charge in [-0.15, -0.1) is 0 Å². The van der Waals surface area contributed by atoms with Crippen LogP contribution in [0.4, 0.5) is 0 Å². The van der Waals surface area contributed by atoms with Gasteiger partial charge in [0.2, 0.25) is 0 Å². The molecule has 4 heterocycles. The Balaban J connectivity index is 0.980. The number of hydrogen-bond acceptors (Lipinski definition) is 4. The van der Waals surface area contributed by atoms with Crippen LogP contribution in [0, 0.1) is 11.3 Å². The van der Waals surface area contributed by atoms with Crippen molar-refractivity contribution >= 4 is 65.4 Å². The molecule has 0 atom stereocenters. The minimum absolute atomic E-state index is 0.473. The lowest BCUT2D eigenvalue weighted by Crippen LogP contribution is -2.02. The third-order valence-electron chi connectivity index (χ3n) is 13.9. The van der Waals surface area contributed by atoms with E-state index in [0.717, 1.165) is 105 Å². The first-order valence-electron chi connectivity index (χ1n) is 23.7. The van der Waals surface area contributed by atoms with Gasteiger partial charge in [0, 0.05) is 60.4 Å². The number of para-hydroxylation sites is 5. The fraction of sp³-hybridized carbons (Fsp3) is 0. The zero-order valence-corrected chi connectivity index (χ0v) is 38.1. The predicted octanol–water partition coefficient (Wildman–Crippen LogP) is 15.7. The molecule has 7 heteroatoms. The van der Waals surface area contributed by atoms with Gasteiger partial charge < -0.3 is 13.7 Å². The van der Waals surface area contributed by atoms with E-state index < -0.39 is 0 Å². The lowest BCUT2D eigenvalue weighted by atomic mass is 10.0. The molecule has 0 aliphatic rings. The number of nitrogens with zero attached hydrogens (tertiary/aromatic N) is 7. The fourth-order valence-electron chi connectivity index (χ4n) is 10.8. The Morgan fingerprint density at radius 3 is 1.44 bits per heavy atom. The van der Waals surface area contributed by atoms with Gasteiger partial charge in [0.15, 0.2) is 17.5 Å². The number of aromatic nitrogens is 6. The van der Waals surface area contributed by atoms with Crippen molar-refractivity contribution in [3.05, 3.63) is 242 Å². The van der Waals surface area contributed by atoms with E-state index in [1.54, 1.807) is 0 Å². The van der Waals surface area contributed by atoms with Crippen molar-refractivity contribution < 1.29 is 0 Å². The summed E-state index contributed by atoms with van der Waals surface area (Å²) in [4.78, 5) is 15.7. The minimum atomic E-state index is 0.473. The summed E-state index contributed by atoms with van der Waals surface area (Å²) in [5.74, 6) is 1.55. The molecule has 0 radical (unpaired) electrons. The summed E-state index contributed by atoms with van der Waals surface area (Å²) in [6, 6.07) is 84.8. The minimum Gasteiger partial charge on any atom is -0.309 e. The zero-order chi connectivity index (χ0) is 47.0. The summed E-state index contributed by atoms with van der Waals surface area (Å²) >= 11 is 0. The summed E-state index contributed by atoms with van der Waals surface area (Å²) in [5, 5.41) is 18.0. The van der Waals surface area contributed by atoms with Gasteiger partial charge in [0.05, 0.1) is 44.4 Å². The molecule has 0 bridgehead atoms. The summed E-state index contributed by atoms with van der Waals surface area (Å²) in [6.45, 7) is 0. The average molecular weight is 906 g/mol. The predicted molar refractivity (Wildman–Crippen MR) is 289 cm³/mol. The van der Waals surface area contributed by atoms with Crippen molar-refractivity contribution in [1.82, 2.24) is 28.7 Å². The first-order chi connectivity index (χ1) is 35.2. The van der Waals surface area contributed by atoms with Crippen LogP contribution < -0.4 is 0 Å². The molecule has 330 valence electrons. The molecule has 0 amide bonds. The van der Waals surface area contributed by atoms with E-state index >= 15 is 0 Å². The summed E-state index contributed by atoms with van der Waals surface area (Å²) in [7, 11) is 0. The maximum Gasteiger partial charge on any atom is 0.164 e. The molecule has 0 fully saturated rings. The van der Waals surface area contributed by atoms with Gasteiger partial charge in [-0.05, 0) is 102 Å². The van der Waals surface area contributed by atoms with Crippen molar-refractivity contribution in [2.45, 2.75) is 0 Å². The van der Waals surface area contributed by atoms with Gasteiger partial charge in [0.25, 0.3) is 0 Å². The lowest BCUT2D eigenvalue weighted by Gasteiger charge is -2.13. The fourth-order valence-corrected chi connectivity index (χ4v) is 10.8. The number of hydrogen-bond donors (Lipinski definition) is 0. The first kappa shape index (κ1) is 40.2. The Bertz CT molecular complexity index is 4460. The van der Waals surface area contributed by atoms with E-state index in [0.29, 0.717) is 28.6 Å². The molecule has 0 spiro atoms. The Morgan fingerprint density at radius 2 is 0.775 bits per heavy atom. The van der Waals surface area contributed by atoms with Crippen molar-refractivity contribution in [3.8, 4) is 68.4 Å². The lowest BCUT2D eigenvalue weighted by molar-refractivity contribution is 1.07. The van der Waals surface area contributed by atoms with Gasteiger partial charge in [-0.2, -0.15) is 5.26 Å². The maximum absolute atomic E-state index is 11.2. The maximum atomic E-state index is 11.2. The molecule has 71 heavy (non-hydrogen) atoms. The zero-order valence-electron chi connectivity index (χ0n) is 38.1. The van der Waals surface area contributed by atoms with E-state index in [1.807, 2.05) is 54.6 Å². The molecule has 10 aromatic carbocycles. The number of benzene rings is 10. The molecule has 0 saturated heterocycles. The van der Waals surface area contributed by atoms with Crippen LogP contribution in [0.3, 0.4) is 0 Å². The summed E-state index contributed by atoms with van der Waals surface area (Å²) < 4.78 is 6.92. The normalized spacial score (nSPS) is 11.6. The van der Waals surface area contributed by atoms with Crippen molar-refractivity contribution in [1.29, 1.82) is 5.26 Å². The third kappa shape index (κ3) is 6.40. The van der Waals surface area contributed by atoms with Gasteiger partial charge in [-0.25, -0.2) is 15.0 Å². The first-order valence-corrected chi connectivity index (χ1v) is 23.7. The third-order valence-corrected chi connectivity index (χ3v) is 13.9. The van der Waals surface area contributed by atoms with Crippen molar-refractivity contribution in [3.63, 3.8) is 0 Å². The molecule has 7 nitrogen and oxygen atoms in total. The van der Waals surface area contributed by atoms with Crippen LogP contribution >= 0.6 is 0 Å². The van der Waals surface area contributed by atoms with Crippen molar-refractivity contribution in [2.24, 2.45) is 0 Å². The molecule has 0 unspecified atom stereocenters. The summed E-state index contributed by atoms with van der Waals surface area (Å²) in [6.07, 6.45) is 0. The number of nitriles is 1. The average Bonchev–Trinajstić information content (AvgIpc) is 4.09. The highest BCUT2D eigenvalue weighted by molar-refractivity contribution is 6.26. The van der Waals surface area contributed by atoms with Crippen LogP contribution in [0.1, 0.15) is 5.56 Å². The van der Waals surface area contributed by atoms with Gasteiger partial charge >= 0.3 is 0 Å². The Labute approximate surface area is 408 Å².